The first kappa shape index (κ1) is 18.7. The van der Waals surface area contributed by atoms with Gasteiger partial charge in [0.05, 0.1) is 13.2 Å². The van der Waals surface area contributed by atoms with Crippen LogP contribution in [0.4, 0.5) is 11.4 Å². The van der Waals surface area contributed by atoms with Crippen LogP contribution in [-0.4, -0.2) is 38.9 Å². The van der Waals surface area contributed by atoms with Gasteiger partial charge in [0.2, 0.25) is 0 Å². The summed E-state index contributed by atoms with van der Waals surface area (Å²) in [5.74, 6) is 0.553. The van der Waals surface area contributed by atoms with Gasteiger partial charge < -0.3 is 20.3 Å². The molecule has 0 bridgehead atoms. The second-order valence-corrected chi connectivity index (χ2v) is 7.22. The van der Waals surface area contributed by atoms with Gasteiger partial charge in [-0.3, -0.25) is 0 Å². The number of rotatable bonds is 8. The molecule has 2 N–H and O–H groups in total. The van der Waals surface area contributed by atoms with Crippen molar-refractivity contribution in [2.24, 2.45) is 5.92 Å². The predicted octanol–water partition coefficient (Wildman–Crippen LogP) is 3.75. The quantitative estimate of drug-likeness (QED) is 0.758. The molecule has 4 nitrogen and oxygen atoms in total. The zero-order chi connectivity index (χ0) is 18.2. The SMILES string of the molecule is CC(C)C(CNCc1ccccc1N1CCOCC1)Nc1ccccc1. The van der Waals surface area contributed by atoms with E-state index in [4.69, 9.17) is 4.74 Å². The average molecular weight is 354 g/mol. The third-order valence-corrected chi connectivity index (χ3v) is 4.95. The zero-order valence-electron chi connectivity index (χ0n) is 15.9. The molecule has 1 unspecified atom stereocenters. The van der Waals surface area contributed by atoms with Crippen LogP contribution in [0.25, 0.3) is 0 Å². The molecule has 0 spiro atoms. The molecule has 0 aliphatic carbocycles. The molecular formula is C22H31N3O. The monoisotopic (exact) mass is 353 g/mol. The molecule has 1 saturated heterocycles. The number of nitrogens with zero attached hydrogens (tertiary/aromatic N) is 1. The van der Waals surface area contributed by atoms with Gasteiger partial charge in [0.15, 0.2) is 0 Å². The van der Waals surface area contributed by atoms with Crippen LogP contribution >= 0.6 is 0 Å². The average Bonchev–Trinajstić information content (AvgIpc) is 2.69. The first-order chi connectivity index (χ1) is 12.7. The van der Waals surface area contributed by atoms with Crippen LogP contribution < -0.4 is 15.5 Å². The second kappa shape index (κ2) is 9.60. The molecule has 1 aliphatic heterocycles. The van der Waals surface area contributed by atoms with Crippen molar-refractivity contribution < 1.29 is 4.74 Å². The first-order valence-electron chi connectivity index (χ1n) is 9.67. The summed E-state index contributed by atoms with van der Waals surface area (Å²) in [5.41, 5.74) is 3.87. The minimum atomic E-state index is 0.396. The molecule has 26 heavy (non-hydrogen) atoms. The van der Waals surface area contributed by atoms with E-state index < -0.39 is 0 Å². The third kappa shape index (κ3) is 5.23. The Hall–Kier alpha value is -2.04. The van der Waals surface area contributed by atoms with E-state index in [-0.39, 0.29) is 0 Å². The summed E-state index contributed by atoms with van der Waals surface area (Å²) in [6.07, 6.45) is 0. The Balaban J connectivity index is 1.57. The molecular weight excluding hydrogens is 322 g/mol. The van der Waals surface area contributed by atoms with E-state index in [0.29, 0.717) is 12.0 Å². The zero-order valence-corrected chi connectivity index (χ0v) is 15.9. The van der Waals surface area contributed by atoms with Gasteiger partial charge in [0, 0.05) is 43.6 Å². The van der Waals surface area contributed by atoms with E-state index in [1.54, 1.807) is 0 Å². The molecule has 0 saturated carbocycles. The minimum Gasteiger partial charge on any atom is -0.381 e. The topological polar surface area (TPSA) is 36.5 Å². The highest BCUT2D eigenvalue weighted by Crippen LogP contribution is 2.21. The van der Waals surface area contributed by atoms with Crippen LogP contribution in [0.15, 0.2) is 54.6 Å². The molecule has 4 heteroatoms. The summed E-state index contributed by atoms with van der Waals surface area (Å²) in [4.78, 5) is 2.43. The number of nitrogens with one attached hydrogen (secondary N) is 2. The number of morpholine rings is 1. The van der Waals surface area contributed by atoms with Crippen LogP contribution in [0, 0.1) is 5.92 Å². The summed E-state index contributed by atoms with van der Waals surface area (Å²) in [7, 11) is 0. The fourth-order valence-corrected chi connectivity index (χ4v) is 3.34. The number of hydrogen-bond donors (Lipinski definition) is 2. The maximum absolute atomic E-state index is 5.49. The third-order valence-electron chi connectivity index (χ3n) is 4.95. The smallest absolute Gasteiger partial charge is 0.0642 e. The summed E-state index contributed by atoms with van der Waals surface area (Å²) >= 11 is 0. The largest absolute Gasteiger partial charge is 0.381 e. The van der Waals surface area contributed by atoms with Crippen molar-refractivity contribution in [2.75, 3.05) is 43.1 Å². The second-order valence-electron chi connectivity index (χ2n) is 7.22. The van der Waals surface area contributed by atoms with Crippen LogP contribution in [0.2, 0.25) is 0 Å². The molecule has 0 amide bonds. The Morgan fingerprint density at radius 2 is 1.65 bits per heavy atom. The first-order valence-corrected chi connectivity index (χ1v) is 9.67. The van der Waals surface area contributed by atoms with Gasteiger partial charge in [-0.15, -0.1) is 0 Å². The number of para-hydroxylation sites is 2. The lowest BCUT2D eigenvalue weighted by molar-refractivity contribution is 0.122. The minimum absolute atomic E-state index is 0.396. The summed E-state index contributed by atoms with van der Waals surface area (Å²) < 4.78 is 5.49. The van der Waals surface area contributed by atoms with Gasteiger partial charge in [-0.05, 0) is 29.7 Å². The van der Waals surface area contributed by atoms with Crippen molar-refractivity contribution in [2.45, 2.75) is 26.4 Å². The molecule has 140 valence electrons. The number of anilines is 2. The Labute approximate surface area is 157 Å². The number of benzene rings is 2. The Morgan fingerprint density at radius 1 is 0.962 bits per heavy atom. The lowest BCUT2D eigenvalue weighted by Crippen LogP contribution is -2.38. The van der Waals surface area contributed by atoms with E-state index in [2.05, 4.69) is 84.0 Å². The van der Waals surface area contributed by atoms with Gasteiger partial charge >= 0.3 is 0 Å². The standard InChI is InChI=1S/C22H31N3O/c1-18(2)21(24-20-9-4-3-5-10-20)17-23-16-19-8-6-7-11-22(19)25-12-14-26-15-13-25/h3-11,18,21,23-24H,12-17H2,1-2H3. The Bertz CT molecular complexity index is 653. The highest BCUT2D eigenvalue weighted by atomic mass is 16.5. The van der Waals surface area contributed by atoms with E-state index in [9.17, 15) is 0 Å². The number of hydrogen-bond acceptors (Lipinski definition) is 4. The lowest BCUT2D eigenvalue weighted by Gasteiger charge is -2.31. The Morgan fingerprint density at radius 3 is 2.38 bits per heavy atom. The van der Waals surface area contributed by atoms with Crippen molar-refractivity contribution in [3.05, 3.63) is 60.2 Å². The maximum Gasteiger partial charge on any atom is 0.0642 e. The molecule has 1 heterocycles. The molecule has 3 rings (SSSR count). The summed E-state index contributed by atoms with van der Waals surface area (Å²) in [6.45, 7) is 9.93. The molecule has 1 aliphatic rings. The van der Waals surface area contributed by atoms with E-state index >= 15 is 0 Å². The van der Waals surface area contributed by atoms with Crippen molar-refractivity contribution in [3.63, 3.8) is 0 Å². The Kier molecular flexibility index (Phi) is 6.92. The van der Waals surface area contributed by atoms with Gasteiger partial charge in [-0.2, -0.15) is 0 Å². The van der Waals surface area contributed by atoms with Crippen LogP contribution in [0.5, 0.6) is 0 Å². The van der Waals surface area contributed by atoms with Crippen LogP contribution in [0.3, 0.4) is 0 Å². The van der Waals surface area contributed by atoms with Crippen LogP contribution in [-0.2, 0) is 11.3 Å². The molecule has 1 fully saturated rings. The van der Waals surface area contributed by atoms with E-state index in [0.717, 1.165) is 39.4 Å². The molecule has 0 radical (unpaired) electrons. The predicted molar refractivity (Wildman–Crippen MR) is 110 cm³/mol. The fourth-order valence-electron chi connectivity index (χ4n) is 3.34. The fraction of sp³-hybridized carbons (Fsp3) is 0.455. The van der Waals surface area contributed by atoms with Crippen molar-refractivity contribution in [1.82, 2.24) is 5.32 Å². The normalized spacial score (nSPS) is 15.9. The molecule has 1 atom stereocenters. The maximum atomic E-state index is 5.49. The van der Waals surface area contributed by atoms with Crippen molar-refractivity contribution in [3.8, 4) is 0 Å². The molecule has 2 aromatic carbocycles. The van der Waals surface area contributed by atoms with E-state index in [1.165, 1.54) is 16.9 Å². The highest BCUT2D eigenvalue weighted by molar-refractivity contribution is 5.54. The lowest BCUT2D eigenvalue weighted by atomic mass is 10.0. The summed E-state index contributed by atoms with van der Waals surface area (Å²) in [5, 5.41) is 7.32. The van der Waals surface area contributed by atoms with Gasteiger partial charge in [0.1, 0.15) is 0 Å². The highest BCUT2D eigenvalue weighted by Gasteiger charge is 2.16. The van der Waals surface area contributed by atoms with Crippen molar-refractivity contribution in [1.29, 1.82) is 0 Å². The van der Waals surface area contributed by atoms with Gasteiger partial charge in [0.25, 0.3) is 0 Å². The van der Waals surface area contributed by atoms with Gasteiger partial charge in [-0.1, -0.05) is 50.2 Å². The van der Waals surface area contributed by atoms with Crippen molar-refractivity contribution >= 4 is 11.4 Å². The van der Waals surface area contributed by atoms with Gasteiger partial charge in [-0.25, -0.2) is 0 Å². The van der Waals surface area contributed by atoms with Crippen LogP contribution in [0.1, 0.15) is 19.4 Å². The van der Waals surface area contributed by atoms with E-state index in [1.807, 2.05) is 0 Å². The summed E-state index contributed by atoms with van der Waals surface area (Å²) in [6, 6.07) is 19.6. The molecule has 2 aromatic rings. The molecule has 0 aromatic heterocycles. The number of ether oxygens (including phenoxy) is 1.